The van der Waals surface area contributed by atoms with Gasteiger partial charge in [0, 0.05) is 0 Å². The number of aryl methyl sites for hydroxylation is 1. The molecule has 0 unspecified atom stereocenters. The molecule has 0 atom stereocenters. The number of aliphatic hydroxyl groups is 1. The van der Waals surface area contributed by atoms with Crippen molar-refractivity contribution < 1.29 is 14.6 Å². The van der Waals surface area contributed by atoms with E-state index in [1.165, 1.54) is 0 Å². The van der Waals surface area contributed by atoms with E-state index in [0.717, 1.165) is 16.9 Å². The number of carbonyl (C=O) groups is 1. The minimum atomic E-state index is -0.727. The first-order chi connectivity index (χ1) is 9.33. The van der Waals surface area contributed by atoms with Gasteiger partial charge in [-0.05, 0) is 37.0 Å². The average Bonchev–Trinajstić information content (AvgIpc) is 2.36. The molecule has 0 spiro atoms. The number of hydrogen-bond donors (Lipinski definition) is 1. The summed E-state index contributed by atoms with van der Waals surface area (Å²) in [6, 6.07) is 5.81. The molecule has 0 bridgehead atoms. The first kappa shape index (κ1) is 14.9. The standard InChI is InChI=1S/C16H23NO3/c1-11(2)16(19)9-17(10-16)15(18)8-20-14-7-5-6-12(3)13(14)4/h5-7,11,19H,8-10H2,1-4H3. The van der Waals surface area contributed by atoms with Crippen molar-refractivity contribution in [2.24, 2.45) is 5.92 Å². The van der Waals surface area contributed by atoms with E-state index < -0.39 is 5.60 Å². The molecule has 0 saturated carbocycles. The Morgan fingerprint density at radius 3 is 2.65 bits per heavy atom. The number of hydrogen-bond acceptors (Lipinski definition) is 3. The van der Waals surface area contributed by atoms with Gasteiger partial charge in [0.2, 0.25) is 0 Å². The maximum absolute atomic E-state index is 12.0. The van der Waals surface area contributed by atoms with Crippen LogP contribution in [0.3, 0.4) is 0 Å². The molecule has 1 saturated heterocycles. The lowest BCUT2D eigenvalue weighted by Gasteiger charge is -2.48. The molecule has 0 aliphatic carbocycles. The third kappa shape index (κ3) is 2.80. The first-order valence-corrected chi connectivity index (χ1v) is 7.02. The van der Waals surface area contributed by atoms with Crippen LogP contribution >= 0.6 is 0 Å². The molecule has 20 heavy (non-hydrogen) atoms. The van der Waals surface area contributed by atoms with Crippen molar-refractivity contribution in [3.05, 3.63) is 29.3 Å². The highest BCUT2D eigenvalue weighted by Crippen LogP contribution is 2.28. The maximum Gasteiger partial charge on any atom is 0.260 e. The Morgan fingerprint density at radius 1 is 1.40 bits per heavy atom. The second-order valence-corrected chi connectivity index (χ2v) is 5.99. The normalized spacial score (nSPS) is 17.0. The van der Waals surface area contributed by atoms with Crippen LogP contribution in [0.2, 0.25) is 0 Å². The Bertz CT molecular complexity index is 504. The summed E-state index contributed by atoms with van der Waals surface area (Å²) in [5.74, 6) is 0.834. The number of amides is 1. The van der Waals surface area contributed by atoms with E-state index in [0.29, 0.717) is 13.1 Å². The number of β-amino-alcohol motifs (C(OH)–C–C–N with tert-alkyl or cyclic N) is 1. The van der Waals surface area contributed by atoms with E-state index in [9.17, 15) is 9.90 Å². The molecular weight excluding hydrogens is 254 g/mol. The molecule has 0 radical (unpaired) electrons. The zero-order valence-corrected chi connectivity index (χ0v) is 12.6. The van der Waals surface area contributed by atoms with Crippen molar-refractivity contribution in [3.63, 3.8) is 0 Å². The van der Waals surface area contributed by atoms with E-state index in [4.69, 9.17) is 4.74 Å². The fraction of sp³-hybridized carbons (Fsp3) is 0.562. The van der Waals surface area contributed by atoms with Gasteiger partial charge in [0.15, 0.2) is 6.61 Å². The molecule has 1 amide bonds. The molecule has 110 valence electrons. The third-order valence-electron chi connectivity index (χ3n) is 4.26. The Morgan fingerprint density at radius 2 is 2.05 bits per heavy atom. The fourth-order valence-corrected chi connectivity index (χ4v) is 2.27. The molecular formula is C16H23NO3. The van der Waals surface area contributed by atoms with Gasteiger partial charge in [-0.15, -0.1) is 0 Å². The minimum Gasteiger partial charge on any atom is -0.483 e. The van der Waals surface area contributed by atoms with Crippen molar-refractivity contribution in [3.8, 4) is 5.75 Å². The predicted molar refractivity (Wildman–Crippen MR) is 77.8 cm³/mol. The number of rotatable bonds is 4. The van der Waals surface area contributed by atoms with Gasteiger partial charge in [-0.1, -0.05) is 26.0 Å². The molecule has 0 aromatic heterocycles. The summed E-state index contributed by atoms with van der Waals surface area (Å²) in [6.07, 6.45) is 0. The minimum absolute atomic E-state index is 0.0263. The molecule has 1 aliphatic rings. The molecule has 2 rings (SSSR count). The predicted octanol–water partition coefficient (Wildman–Crippen LogP) is 1.91. The van der Waals surface area contributed by atoms with Crippen molar-refractivity contribution >= 4 is 5.91 Å². The zero-order chi connectivity index (χ0) is 14.9. The van der Waals surface area contributed by atoms with E-state index in [2.05, 4.69) is 0 Å². The SMILES string of the molecule is Cc1cccc(OCC(=O)N2CC(O)(C(C)C)C2)c1C. The summed E-state index contributed by atoms with van der Waals surface area (Å²) in [5, 5.41) is 10.1. The van der Waals surface area contributed by atoms with Gasteiger partial charge in [-0.25, -0.2) is 0 Å². The highest BCUT2D eigenvalue weighted by Gasteiger charge is 2.45. The summed E-state index contributed by atoms with van der Waals surface area (Å²) in [7, 11) is 0. The van der Waals surface area contributed by atoms with Crippen molar-refractivity contribution in [2.75, 3.05) is 19.7 Å². The summed E-state index contributed by atoms with van der Waals surface area (Å²) >= 11 is 0. The van der Waals surface area contributed by atoms with Crippen LogP contribution < -0.4 is 4.74 Å². The van der Waals surface area contributed by atoms with Gasteiger partial charge in [-0.2, -0.15) is 0 Å². The van der Waals surface area contributed by atoms with Crippen LogP contribution in [-0.4, -0.2) is 41.2 Å². The van der Waals surface area contributed by atoms with Crippen LogP contribution in [0.1, 0.15) is 25.0 Å². The van der Waals surface area contributed by atoms with Crippen LogP contribution in [0.5, 0.6) is 5.75 Å². The molecule has 1 aromatic carbocycles. The summed E-state index contributed by atoms with van der Waals surface area (Å²) in [6.45, 7) is 8.76. The van der Waals surface area contributed by atoms with E-state index >= 15 is 0 Å². The Kier molecular flexibility index (Phi) is 4.04. The van der Waals surface area contributed by atoms with E-state index in [1.54, 1.807) is 4.90 Å². The lowest BCUT2D eigenvalue weighted by Crippen LogP contribution is -2.66. The lowest BCUT2D eigenvalue weighted by molar-refractivity contribution is -0.165. The van der Waals surface area contributed by atoms with Crippen LogP contribution in [0, 0.1) is 19.8 Å². The fourth-order valence-electron chi connectivity index (χ4n) is 2.27. The third-order valence-corrected chi connectivity index (χ3v) is 4.26. The number of benzene rings is 1. The highest BCUT2D eigenvalue weighted by molar-refractivity contribution is 5.79. The maximum atomic E-state index is 12.0. The summed E-state index contributed by atoms with van der Waals surface area (Å²) < 4.78 is 5.59. The molecule has 1 aliphatic heterocycles. The number of ether oxygens (including phenoxy) is 1. The van der Waals surface area contributed by atoms with Gasteiger partial charge < -0.3 is 14.7 Å². The van der Waals surface area contributed by atoms with Crippen LogP contribution in [0.25, 0.3) is 0 Å². The molecule has 4 heteroatoms. The quantitative estimate of drug-likeness (QED) is 0.914. The summed E-state index contributed by atoms with van der Waals surface area (Å²) in [5.41, 5.74) is 1.48. The van der Waals surface area contributed by atoms with Crippen molar-refractivity contribution in [2.45, 2.75) is 33.3 Å². The molecule has 1 fully saturated rings. The van der Waals surface area contributed by atoms with Crippen LogP contribution in [0.4, 0.5) is 0 Å². The van der Waals surface area contributed by atoms with Crippen LogP contribution in [-0.2, 0) is 4.79 Å². The number of carbonyl (C=O) groups excluding carboxylic acids is 1. The number of nitrogens with zero attached hydrogens (tertiary/aromatic N) is 1. The molecule has 1 aromatic rings. The van der Waals surface area contributed by atoms with Gasteiger partial charge >= 0.3 is 0 Å². The average molecular weight is 277 g/mol. The Labute approximate surface area is 120 Å². The van der Waals surface area contributed by atoms with Gasteiger partial charge in [0.1, 0.15) is 11.4 Å². The smallest absolute Gasteiger partial charge is 0.260 e. The molecule has 4 nitrogen and oxygen atoms in total. The van der Waals surface area contributed by atoms with Crippen LogP contribution in [0.15, 0.2) is 18.2 Å². The Balaban J connectivity index is 1.87. The topological polar surface area (TPSA) is 49.8 Å². The van der Waals surface area contributed by atoms with Gasteiger partial charge in [-0.3, -0.25) is 4.79 Å². The van der Waals surface area contributed by atoms with Gasteiger partial charge in [0.25, 0.3) is 5.91 Å². The van der Waals surface area contributed by atoms with E-state index in [-0.39, 0.29) is 18.4 Å². The summed E-state index contributed by atoms with van der Waals surface area (Å²) in [4.78, 5) is 13.6. The van der Waals surface area contributed by atoms with Gasteiger partial charge in [0.05, 0.1) is 13.1 Å². The second-order valence-electron chi connectivity index (χ2n) is 5.99. The van der Waals surface area contributed by atoms with Crippen molar-refractivity contribution in [1.29, 1.82) is 0 Å². The number of likely N-dealkylation sites (tertiary alicyclic amines) is 1. The molecule has 1 N–H and O–H groups in total. The lowest BCUT2D eigenvalue weighted by atomic mass is 9.83. The monoisotopic (exact) mass is 277 g/mol. The largest absolute Gasteiger partial charge is 0.483 e. The van der Waals surface area contributed by atoms with Crippen molar-refractivity contribution in [1.82, 2.24) is 4.90 Å². The zero-order valence-electron chi connectivity index (χ0n) is 12.6. The van der Waals surface area contributed by atoms with E-state index in [1.807, 2.05) is 45.9 Å². The highest BCUT2D eigenvalue weighted by atomic mass is 16.5. The first-order valence-electron chi connectivity index (χ1n) is 7.02. The molecule has 1 heterocycles. The second kappa shape index (κ2) is 5.44. The Hall–Kier alpha value is -1.55.